The van der Waals surface area contributed by atoms with Gasteiger partial charge >= 0.3 is 0 Å². The van der Waals surface area contributed by atoms with Crippen molar-refractivity contribution in [3.05, 3.63) is 42.1 Å². The third kappa shape index (κ3) is 1.62. The number of pyridine rings is 1. The highest BCUT2D eigenvalue weighted by atomic mass is 16.7. The van der Waals surface area contributed by atoms with E-state index >= 15 is 0 Å². The van der Waals surface area contributed by atoms with Crippen molar-refractivity contribution >= 4 is 0 Å². The fourth-order valence-corrected chi connectivity index (χ4v) is 1.08. The lowest BCUT2D eigenvalue weighted by molar-refractivity contribution is 0.0490. The van der Waals surface area contributed by atoms with Crippen LogP contribution in [0.25, 0.3) is 0 Å². The summed E-state index contributed by atoms with van der Waals surface area (Å²) in [6, 6.07) is 5.33. The molecular weight excluding hydrogens is 170 g/mol. The van der Waals surface area contributed by atoms with E-state index in [2.05, 4.69) is 4.98 Å². The SMILES string of the molecule is OC(C1=COCO1)c1ccccn1. The van der Waals surface area contributed by atoms with Gasteiger partial charge in [-0.2, -0.15) is 0 Å². The molecule has 1 N–H and O–H groups in total. The van der Waals surface area contributed by atoms with Crippen LogP contribution < -0.4 is 0 Å². The van der Waals surface area contributed by atoms with Gasteiger partial charge in [0.05, 0.1) is 5.69 Å². The van der Waals surface area contributed by atoms with E-state index in [-0.39, 0.29) is 6.79 Å². The summed E-state index contributed by atoms with van der Waals surface area (Å²) in [5.74, 6) is 0.402. The summed E-state index contributed by atoms with van der Waals surface area (Å²) in [4.78, 5) is 4.00. The zero-order chi connectivity index (χ0) is 9.10. The Kier molecular flexibility index (Phi) is 2.14. The Balaban J connectivity index is 2.17. The average molecular weight is 179 g/mol. The van der Waals surface area contributed by atoms with E-state index in [0.29, 0.717) is 11.5 Å². The summed E-state index contributed by atoms with van der Waals surface area (Å²) in [5, 5.41) is 9.68. The molecule has 13 heavy (non-hydrogen) atoms. The molecule has 1 aromatic heterocycles. The van der Waals surface area contributed by atoms with Crippen molar-refractivity contribution < 1.29 is 14.6 Å². The van der Waals surface area contributed by atoms with E-state index in [4.69, 9.17) is 9.47 Å². The first kappa shape index (κ1) is 8.07. The number of hydrogen-bond donors (Lipinski definition) is 1. The average Bonchev–Trinajstić information content (AvgIpc) is 2.71. The first-order valence-electron chi connectivity index (χ1n) is 3.91. The lowest BCUT2D eigenvalue weighted by Gasteiger charge is -2.08. The summed E-state index contributed by atoms with van der Waals surface area (Å²) < 4.78 is 9.85. The molecule has 2 rings (SSSR count). The second-order valence-electron chi connectivity index (χ2n) is 2.61. The van der Waals surface area contributed by atoms with Crippen LogP contribution in [0.5, 0.6) is 0 Å². The summed E-state index contributed by atoms with van der Waals surface area (Å²) in [6.45, 7) is 0.166. The van der Waals surface area contributed by atoms with Gasteiger partial charge in [-0.1, -0.05) is 6.07 Å². The van der Waals surface area contributed by atoms with Gasteiger partial charge < -0.3 is 14.6 Å². The number of aromatic nitrogens is 1. The molecule has 0 bridgehead atoms. The fourth-order valence-electron chi connectivity index (χ4n) is 1.08. The van der Waals surface area contributed by atoms with E-state index in [0.717, 1.165) is 0 Å². The fraction of sp³-hybridized carbons (Fsp3) is 0.222. The van der Waals surface area contributed by atoms with Gasteiger partial charge in [-0.3, -0.25) is 4.98 Å². The molecule has 4 heteroatoms. The minimum atomic E-state index is -0.830. The van der Waals surface area contributed by atoms with Gasteiger partial charge in [-0.05, 0) is 12.1 Å². The zero-order valence-electron chi connectivity index (χ0n) is 6.88. The van der Waals surface area contributed by atoms with Crippen molar-refractivity contribution in [3.63, 3.8) is 0 Å². The Hall–Kier alpha value is -1.55. The highest BCUT2D eigenvalue weighted by Crippen LogP contribution is 2.23. The first-order chi connectivity index (χ1) is 6.38. The molecule has 1 aliphatic heterocycles. The summed E-state index contributed by atoms with van der Waals surface area (Å²) >= 11 is 0. The van der Waals surface area contributed by atoms with E-state index in [1.54, 1.807) is 18.3 Å². The van der Waals surface area contributed by atoms with Gasteiger partial charge in [-0.25, -0.2) is 0 Å². The van der Waals surface area contributed by atoms with Crippen LogP contribution in [0.4, 0.5) is 0 Å². The number of rotatable bonds is 2. The molecule has 0 aromatic carbocycles. The van der Waals surface area contributed by atoms with Crippen LogP contribution in [-0.4, -0.2) is 16.9 Å². The molecule has 0 aliphatic carbocycles. The Morgan fingerprint density at radius 1 is 1.46 bits per heavy atom. The maximum Gasteiger partial charge on any atom is 0.230 e. The van der Waals surface area contributed by atoms with Crippen LogP contribution in [0, 0.1) is 0 Å². The molecule has 1 unspecified atom stereocenters. The molecule has 0 radical (unpaired) electrons. The lowest BCUT2D eigenvalue weighted by atomic mass is 10.2. The van der Waals surface area contributed by atoms with Crippen LogP contribution in [0.2, 0.25) is 0 Å². The van der Waals surface area contributed by atoms with E-state index in [1.165, 1.54) is 6.26 Å². The highest BCUT2D eigenvalue weighted by Gasteiger charge is 2.19. The van der Waals surface area contributed by atoms with Crippen LogP contribution >= 0.6 is 0 Å². The molecule has 0 saturated carbocycles. The van der Waals surface area contributed by atoms with E-state index < -0.39 is 6.10 Å². The minimum Gasteiger partial charge on any atom is -0.461 e. The van der Waals surface area contributed by atoms with Crippen molar-refractivity contribution in [2.45, 2.75) is 6.10 Å². The predicted octanol–water partition coefficient (Wildman–Crippen LogP) is 0.961. The molecule has 0 spiro atoms. The third-order valence-corrected chi connectivity index (χ3v) is 1.73. The molecule has 68 valence electrons. The summed E-state index contributed by atoms with van der Waals surface area (Å²) in [6.07, 6.45) is 2.19. The number of aliphatic hydroxyl groups excluding tert-OH is 1. The Morgan fingerprint density at radius 3 is 3.00 bits per heavy atom. The van der Waals surface area contributed by atoms with Crippen molar-refractivity contribution in [2.24, 2.45) is 0 Å². The van der Waals surface area contributed by atoms with Crippen LogP contribution in [0.15, 0.2) is 36.4 Å². The number of ether oxygens (including phenoxy) is 2. The molecule has 1 aliphatic rings. The quantitative estimate of drug-likeness (QED) is 0.734. The molecule has 0 saturated heterocycles. The molecule has 2 heterocycles. The number of hydrogen-bond acceptors (Lipinski definition) is 4. The van der Waals surface area contributed by atoms with Crippen LogP contribution in [0.3, 0.4) is 0 Å². The molecule has 1 atom stereocenters. The number of nitrogens with zero attached hydrogens (tertiary/aromatic N) is 1. The van der Waals surface area contributed by atoms with Crippen molar-refractivity contribution in [1.29, 1.82) is 0 Å². The van der Waals surface area contributed by atoms with Crippen molar-refractivity contribution in [2.75, 3.05) is 6.79 Å². The smallest absolute Gasteiger partial charge is 0.230 e. The molecule has 4 nitrogen and oxygen atoms in total. The van der Waals surface area contributed by atoms with Gasteiger partial charge in [0, 0.05) is 6.20 Å². The van der Waals surface area contributed by atoms with Gasteiger partial charge in [-0.15, -0.1) is 0 Å². The van der Waals surface area contributed by atoms with Crippen molar-refractivity contribution in [1.82, 2.24) is 4.98 Å². The largest absolute Gasteiger partial charge is 0.461 e. The summed E-state index contributed by atoms with van der Waals surface area (Å²) in [5.41, 5.74) is 0.555. The molecular formula is C9H9NO3. The van der Waals surface area contributed by atoms with Gasteiger partial charge in [0.1, 0.15) is 6.26 Å². The first-order valence-corrected chi connectivity index (χ1v) is 3.91. The maximum absolute atomic E-state index is 9.68. The van der Waals surface area contributed by atoms with Gasteiger partial charge in [0.2, 0.25) is 6.79 Å². The Labute approximate surface area is 75.4 Å². The monoisotopic (exact) mass is 179 g/mol. The topological polar surface area (TPSA) is 51.6 Å². The Morgan fingerprint density at radius 2 is 2.38 bits per heavy atom. The molecule has 1 aromatic rings. The second-order valence-corrected chi connectivity index (χ2v) is 2.61. The molecule has 0 fully saturated rings. The van der Waals surface area contributed by atoms with Gasteiger partial charge in [0.15, 0.2) is 11.9 Å². The van der Waals surface area contributed by atoms with E-state index in [9.17, 15) is 5.11 Å². The second kappa shape index (κ2) is 3.45. The summed E-state index contributed by atoms with van der Waals surface area (Å²) in [7, 11) is 0. The van der Waals surface area contributed by atoms with Crippen molar-refractivity contribution in [3.8, 4) is 0 Å². The number of aliphatic hydroxyl groups is 1. The van der Waals surface area contributed by atoms with E-state index in [1.807, 2.05) is 6.07 Å². The lowest BCUT2D eigenvalue weighted by Crippen LogP contribution is -2.03. The van der Waals surface area contributed by atoms with Crippen LogP contribution in [0.1, 0.15) is 11.8 Å². The standard InChI is InChI=1S/C9H9NO3/c11-9(8-5-12-6-13-8)7-3-1-2-4-10-7/h1-5,9,11H,6H2. The minimum absolute atomic E-state index is 0.166. The Bertz CT molecular complexity index is 310. The van der Waals surface area contributed by atoms with Crippen LogP contribution in [-0.2, 0) is 9.47 Å². The maximum atomic E-state index is 9.68. The van der Waals surface area contributed by atoms with Gasteiger partial charge in [0.25, 0.3) is 0 Å². The highest BCUT2D eigenvalue weighted by molar-refractivity contribution is 5.15. The normalized spacial score (nSPS) is 17.2. The predicted molar refractivity (Wildman–Crippen MR) is 44.3 cm³/mol. The molecule has 0 amide bonds. The zero-order valence-corrected chi connectivity index (χ0v) is 6.88. The third-order valence-electron chi connectivity index (χ3n) is 1.73.